The van der Waals surface area contributed by atoms with Gasteiger partial charge in [-0.05, 0) is 36.8 Å². The monoisotopic (exact) mass is 232 g/mol. The maximum Gasteiger partial charge on any atom is 0.224 e. The zero-order valence-corrected chi connectivity index (χ0v) is 10.3. The van der Waals surface area contributed by atoms with Gasteiger partial charge < -0.3 is 11.1 Å². The largest absolute Gasteiger partial charge is 0.397 e. The van der Waals surface area contributed by atoms with Crippen LogP contribution in [0.2, 0.25) is 0 Å². The van der Waals surface area contributed by atoms with Crippen LogP contribution in [0.4, 0.5) is 11.4 Å². The lowest BCUT2D eigenvalue weighted by Gasteiger charge is -2.11. The quantitative estimate of drug-likeness (QED) is 0.787. The first-order valence-corrected chi connectivity index (χ1v) is 6.29. The maximum absolute atomic E-state index is 11.9. The van der Waals surface area contributed by atoms with E-state index in [1.54, 1.807) is 6.07 Å². The van der Waals surface area contributed by atoms with E-state index >= 15 is 0 Å². The summed E-state index contributed by atoms with van der Waals surface area (Å²) in [6.45, 7) is 2.26. The summed E-state index contributed by atoms with van der Waals surface area (Å²) in [4.78, 5) is 11.9. The van der Waals surface area contributed by atoms with Crippen molar-refractivity contribution in [2.75, 3.05) is 11.1 Å². The minimum Gasteiger partial charge on any atom is -0.397 e. The molecule has 1 aromatic carbocycles. The van der Waals surface area contributed by atoms with E-state index in [4.69, 9.17) is 5.73 Å². The molecule has 0 spiro atoms. The Bertz CT molecular complexity index is 403. The van der Waals surface area contributed by atoms with Crippen molar-refractivity contribution in [3.8, 4) is 0 Å². The SMILES string of the molecule is CC1CCC(CC(=O)Nc2ccccc2N)C1. The molecule has 0 aliphatic heterocycles. The molecule has 1 saturated carbocycles. The summed E-state index contributed by atoms with van der Waals surface area (Å²) in [5.41, 5.74) is 7.14. The molecule has 1 aliphatic carbocycles. The van der Waals surface area contributed by atoms with Gasteiger partial charge in [-0.25, -0.2) is 0 Å². The van der Waals surface area contributed by atoms with Crippen LogP contribution in [0.5, 0.6) is 0 Å². The fourth-order valence-corrected chi connectivity index (χ4v) is 2.58. The minimum absolute atomic E-state index is 0.0852. The van der Waals surface area contributed by atoms with E-state index in [1.165, 1.54) is 19.3 Å². The van der Waals surface area contributed by atoms with Crippen molar-refractivity contribution < 1.29 is 4.79 Å². The van der Waals surface area contributed by atoms with Crippen LogP contribution in [0.25, 0.3) is 0 Å². The number of rotatable bonds is 3. The van der Waals surface area contributed by atoms with Crippen molar-refractivity contribution in [2.45, 2.75) is 32.6 Å². The summed E-state index contributed by atoms with van der Waals surface area (Å²) in [5, 5.41) is 2.89. The highest BCUT2D eigenvalue weighted by molar-refractivity contribution is 5.93. The zero-order valence-electron chi connectivity index (χ0n) is 10.3. The van der Waals surface area contributed by atoms with Gasteiger partial charge in [0.05, 0.1) is 11.4 Å². The lowest BCUT2D eigenvalue weighted by Crippen LogP contribution is -2.16. The molecule has 2 unspecified atom stereocenters. The second-order valence-electron chi connectivity index (χ2n) is 5.12. The summed E-state index contributed by atoms with van der Waals surface area (Å²) in [5.74, 6) is 1.41. The normalized spacial score (nSPS) is 23.6. The van der Waals surface area contributed by atoms with Crippen LogP contribution in [-0.4, -0.2) is 5.91 Å². The number of nitrogens with one attached hydrogen (secondary N) is 1. The Balaban J connectivity index is 1.87. The van der Waals surface area contributed by atoms with E-state index in [0.717, 1.165) is 11.6 Å². The second-order valence-corrected chi connectivity index (χ2v) is 5.12. The third-order valence-corrected chi connectivity index (χ3v) is 3.51. The van der Waals surface area contributed by atoms with E-state index < -0.39 is 0 Å². The van der Waals surface area contributed by atoms with Crippen LogP contribution in [0.1, 0.15) is 32.6 Å². The highest BCUT2D eigenvalue weighted by atomic mass is 16.1. The molecule has 3 N–H and O–H groups in total. The van der Waals surface area contributed by atoms with Crippen molar-refractivity contribution in [3.05, 3.63) is 24.3 Å². The number of anilines is 2. The summed E-state index contributed by atoms with van der Waals surface area (Å²) < 4.78 is 0. The first kappa shape index (κ1) is 12.0. The summed E-state index contributed by atoms with van der Waals surface area (Å²) in [7, 11) is 0. The molecule has 0 saturated heterocycles. The molecular formula is C14H20N2O. The van der Waals surface area contributed by atoms with Crippen LogP contribution < -0.4 is 11.1 Å². The molecule has 0 radical (unpaired) electrons. The van der Waals surface area contributed by atoms with Gasteiger partial charge in [0, 0.05) is 6.42 Å². The van der Waals surface area contributed by atoms with E-state index in [0.29, 0.717) is 18.0 Å². The third-order valence-electron chi connectivity index (χ3n) is 3.51. The average Bonchev–Trinajstić information content (AvgIpc) is 2.67. The number of para-hydroxylation sites is 2. The van der Waals surface area contributed by atoms with Crippen molar-refractivity contribution in [1.29, 1.82) is 0 Å². The molecule has 2 rings (SSSR count). The number of hydrogen-bond acceptors (Lipinski definition) is 2. The van der Waals surface area contributed by atoms with Gasteiger partial charge >= 0.3 is 0 Å². The van der Waals surface area contributed by atoms with Crippen molar-refractivity contribution in [2.24, 2.45) is 11.8 Å². The number of amides is 1. The van der Waals surface area contributed by atoms with Gasteiger partial charge in [-0.3, -0.25) is 4.79 Å². The molecule has 0 heterocycles. The van der Waals surface area contributed by atoms with Gasteiger partial charge in [-0.2, -0.15) is 0 Å². The Morgan fingerprint density at radius 2 is 2.18 bits per heavy atom. The molecule has 2 atom stereocenters. The van der Waals surface area contributed by atoms with E-state index in [1.807, 2.05) is 18.2 Å². The maximum atomic E-state index is 11.9. The summed E-state index contributed by atoms with van der Waals surface area (Å²) in [6.07, 6.45) is 4.24. The van der Waals surface area contributed by atoms with Crippen molar-refractivity contribution >= 4 is 17.3 Å². The van der Waals surface area contributed by atoms with Gasteiger partial charge in [0.15, 0.2) is 0 Å². The molecule has 3 nitrogen and oxygen atoms in total. The van der Waals surface area contributed by atoms with Gasteiger partial charge in [-0.1, -0.05) is 25.5 Å². The molecule has 92 valence electrons. The van der Waals surface area contributed by atoms with E-state index in [9.17, 15) is 4.79 Å². The highest BCUT2D eigenvalue weighted by Crippen LogP contribution is 2.32. The molecule has 1 aliphatic rings. The van der Waals surface area contributed by atoms with E-state index in [2.05, 4.69) is 12.2 Å². The predicted octanol–water partition coefficient (Wildman–Crippen LogP) is 3.03. The Labute approximate surface area is 102 Å². The zero-order chi connectivity index (χ0) is 12.3. The Morgan fingerprint density at radius 3 is 2.82 bits per heavy atom. The van der Waals surface area contributed by atoms with Crippen molar-refractivity contribution in [3.63, 3.8) is 0 Å². The van der Waals surface area contributed by atoms with Gasteiger partial charge in [0.1, 0.15) is 0 Å². The molecule has 1 aromatic rings. The van der Waals surface area contributed by atoms with Crippen LogP contribution in [0, 0.1) is 11.8 Å². The minimum atomic E-state index is 0.0852. The molecular weight excluding hydrogens is 212 g/mol. The van der Waals surface area contributed by atoms with Gasteiger partial charge in [0.25, 0.3) is 0 Å². The van der Waals surface area contributed by atoms with Crippen LogP contribution in [0.15, 0.2) is 24.3 Å². The van der Waals surface area contributed by atoms with Crippen LogP contribution >= 0.6 is 0 Å². The molecule has 3 heteroatoms. The highest BCUT2D eigenvalue weighted by Gasteiger charge is 2.23. The predicted molar refractivity (Wildman–Crippen MR) is 70.6 cm³/mol. The first-order chi connectivity index (χ1) is 8.15. The smallest absolute Gasteiger partial charge is 0.224 e. The molecule has 17 heavy (non-hydrogen) atoms. The third kappa shape index (κ3) is 3.22. The summed E-state index contributed by atoms with van der Waals surface area (Å²) in [6, 6.07) is 7.38. The number of nitrogen functional groups attached to an aromatic ring is 1. The molecule has 0 aromatic heterocycles. The summed E-state index contributed by atoms with van der Waals surface area (Å²) >= 11 is 0. The Kier molecular flexibility index (Phi) is 3.67. The van der Waals surface area contributed by atoms with Gasteiger partial charge in [-0.15, -0.1) is 0 Å². The second kappa shape index (κ2) is 5.21. The lowest BCUT2D eigenvalue weighted by molar-refractivity contribution is -0.117. The van der Waals surface area contributed by atoms with E-state index in [-0.39, 0.29) is 5.91 Å². The van der Waals surface area contributed by atoms with Crippen molar-refractivity contribution in [1.82, 2.24) is 0 Å². The lowest BCUT2D eigenvalue weighted by atomic mass is 10.0. The number of carbonyl (C=O) groups is 1. The topological polar surface area (TPSA) is 55.1 Å². The molecule has 1 fully saturated rings. The molecule has 0 bridgehead atoms. The Morgan fingerprint density at radius 1 is 1.41 bits per heavy atom. The number of carbonyl (C=O) groups excluding carboxylic acids is 1. The Hall–Kier alpha value is -1.51. The van der Waals surface area contributed by atoms with Crippen LogP contribution in [-0.2, 0) is 4.79 Å². The molecule has 1 amide bonds. The van der Waals surface area contributed by atoms with Crippen LogP contribution in [0.3, 0.4) is 0 Å². The average molecular weight is 232 g/mol. The standard InChI is InChI=1S/C14H20N2O/c1-10-6-7-11(8-10)9-14(17)16-13-5-3-2-4-12(13)15/h2-5,10-11H,6-9,15H2,1H3,(H,16,17). The number of benzene rings is 1. The fraction of sp³-hybridized carbons (Fsp3) is 0.500. The first-order valence-electron chi connectivity index (χ1n) is 6.29. The van der Waals surface area contributed by atoms with Gasteiger partial charge in [0.2, 0.25) is 5.91 Å². The fourth-order valence-electron chi connectivity index (χ4n) is 2.58. The number of hydrogen-bond donors (Lipinski definition) is 2. The number of nitrogens with two attached hydrogens (primary N) is 1.